The minimum Gasteiger partial charge on any atom is -0.480 e. The van der Waals surface area contributed by atoms with Gasteiger partial charge >= 0.3 is 0 Å². The summed E-state index contributed by atoms with van der Waals surface area (Å²) in [6, 6.07) is 10.9. The number of carbonyl (C=O) groups is 1. The quantitative estimate of drug-likeness (QED) is 0.789. The zero-order valence-corrected chi connectivity index (χ0v) is 11.1. The Balaban J connectivity index is 1.88. The van der Waals surface area contributed by atoms with Crippen molar-refractivity contribution in [1.29, 1.82) is 0 Å². The molecule has 0 aromatic heterocycles. The number of carbonyl (C=O) groups excluding carboxylic acids is 1. The lowest BCUT2D eigenvalue weighted by molar-refractivity contribution is 0.0809. The van der Waals surface area contributed by atoms with Gasteiger partial charge in [0.15, 0.2) is 17.7 Å². The number of fused-ring (bicyclic) bond motifs is 1. The molecule has 0 amide bonds. The summed E-state index contributed by atoms with van der Waals surface area (Å²) in [6.45, 7) is 0. The molecular weight excluding hydrogens is 282 g/mol. The number of rotatable bonds is 2. The maximum atomic E-state index is 13.6. The minimum absolute atomic E-state index is 0.269. The van der Waals surface area contributed by atoms with Crippen LogP contribution in [0.5, 0.6) is 5.75 Å². The third kappa shape index (κ3) is 2.29. The fourth-order valence-corrected chi connectivity index (χ4v) is 3.00. The van der Waals surface area contributed by atoms with Crippen LogP contribution < -0.4 is 4.74 Å². The van der Waals surface area contributed by atoms with Crippen LogP contribution in [-0.2, 0) is 0 Å². The van der Waals surface area contributed by atoms with E-state index in [2.05, 4.69) is 0 Å². The second-order valence-corrected chi connectivity index (χ2v) is 5.39. The van der Waals surface area contributed by atoms with Crippen LogP contribution in [0.15, 0.2) is 47.4 Å². The van der Waals surface area contributed by atoms with E-state index in [-0.39, 0.29) is 5.56 Å². The van der Waals surface area contributed by atoms with E-state index in [1.165, 1.54) is 23.9 Å². The first kappa shape index (κ1) is 13.1. The van der Waals surface area contributed by atoms with Crippen molar-refractivity contribution in [3.05, 3.63) is 59.7 Å². The van der Waals surface area contributed by atoms with Crippen molar-refractivity contribution >= 4 is 17.5 Å². The molecule has 0 saturated heterocycles. The Morgan fingerprint density at radius 3 is 2.80 bits per heavy atom. The zero-order chi connectivity index (χ0) is 14.1. The fraction of sp³-hybridized carbons (Fsp3) is 0.133. The molecule has 2 aromatic carbocycles. The van der Waals surface area contributed by atoms with Crippen molar-refractivity contribution in [3.8, 4) is 5.75 Å². The van der Waals surface area contributed by atoms with Crippen LogP contribution in [0.1, 0.15) is 10.4 Å². The molecule has 3 rings (SSSR count). The number of benzene rings is 2. The lowest BCUT2D eigenvalue weighted by Crippen LogP contribution is -2.33. The molecule has 0 fully saturated rings. The molecule has 0 saturated carbocycles. The van der Waals surface area contributed by atoms with Gasteiger partial charge in [0.05, 0.1) is 5.56 Å². The SMILES string of the molecule is O=C(c1cccc(F)c1F)C1CSc2ccccc2O1. The van der Waals surface area contributed by atoms with Crippen LogP contribution >= 0.6 is 11.8 Å². The smallest absolute Gasteiger partial charge is 0.207 e. The average Bonchev–Trinajstić information content (AvgIpc) is 2.49. The summed E-state index contributed by atoms with van der Waals surface area (Å²) in [7, 11) is 0. The van der Waals surface area contributed by atoms with Crippen molar-refractivity contribution in [1.82, 2.24) is 0 Å². The number of Topliss-reactive ketones (excluding diaryl/α,β-unsaturated/α-hetero) is 1. The molecule has 2 nitrogen and oxygen atoms in total. The highest BCUT2D eigenvalue weighted by molar-refractivity contribution is 7.99. The molecular formula is C15H10F2O2S. The zero-order valence-electron chi connectivity index (χ0n) is 10.3. The first-order chi connectivity index (χ1) is 9.66. The second kappa shape index (κ2) is 5.25. The maximum Gasteiger partial charge on any atom is 0.207 e. The summed E-state index contributed by atoms with van der Waals surface area (Å²) in [5.41, 5.74) is -0.269. The lowest BCUT2D eigenvalue weighted by Gasteiger charge is -2.24. The largest absolute Gasteiger partial charge is 0.480 e. The number of para-hydroxylation sites is 1. The molecule has 102 valence electrons. The Morgan fingerprint density at radius 2 is 1.95 bits per heavy atom. The number of ether oxygens (including phenoxy) is 1. The molecule has 1 unspecified atom stereocenters. The molecule has 0 N–H and O–H groups in total. The summed E-state index contributed by atoms with van der Waals surface area (Å²) < 4.78 is 32.4. The molecule has 0 radical (unpaired) electrons. The summed E-state index contributed by atoms with van der Waals surface area (Å²) >= 11 is 1.47. The molecule has 0 bridgehead atoms. The minimum atomic E-state index is -1.12. The third-order valence-electron chi connectivity index (χ3n) is 3.02. The van der Waals surface area contributed by atoms with Gasteiger partial charge in [-0.15, -0.1) is 11.8 Å². The standard InChI is InChI=1S/C15H10F2O2S/c16-10-5-3-4-9(14(10)17)15(18)12-8-20-13-7-2-1-6-11(13)19-12/h1-7,12H,8H2. The van der Waals surface area contributed by atoms with Crippen LogP contribution in [0, 0.1) is 11.6 Å². The van der Waals surface area contributed by atoms with E-state index < -0.39 is 23.5 Å². The van der Waals surface area contributed by atoms with Crippen molar-refractivity contribution in [3.63, 3.8) is 0 Å². The molecule has 1 atom stereocenters. The number of ketones is 1. The normalized spacial score (nSPS) is 17.2. The number of hydrogen-bond acceptors (Lipinski definition) is 3. The molecule has 1 aliphatic rings. The van der Waals surface area contributed by atoms with Gasteiger partial charge in [-0.3, -0.25) is 4.79 Å². The highest BCUT2D eigenvalue weighted by Crippen LogP contribution is 2.35. The molecule has 5 heteroatoms. The fourth-order valence-electron chi connectivity index (χ4n) is 2.02. The Bertz CT molecular complexity index is 673. The predicted molar refractivity (Wildman–Crippen MR) is 72.3 cm³/mol. The predicted octanol–water partition coefficient (Wildman–Crippen LogP) is 3.70. The molecule has 20 heavy (non-hydrogen) atoms. The van der Waals surface area contributed by atoms with Crippen molar-refractivity contribution in [2.75, 3.05) is 5.75 Å². The Labute approximate surface area is 118 Å². The van der Waals surface area contributed by atoms with E-state index in [9.17, 15) is 13.6 Å². The summed E-state index contributed by atoms with van der Waals surface area (Å²) in [6.07, 6.45) is -0.800. The third-order valence-corrected chi connectivity index (χ3v) is 4.14. The van der Waals surface area contributed by atoms with Gasteiger partial charge < -0.3 is 4.74 Å². The maximum absolute atomic E-state index is 13.6. The first-order valence-corrected chi connectivity index (χ1v) is 7.02. The molecule has 0 aliphatic carbocycles. The summed E-state index contributed by atoms with van der Waals surface area (Å²) in [4.78, 5) is 13.2. The molecule has 0 spiro atoms. The highest BCUT2D eigenvalue weighted by Gasteiger charge is 2.29. The molecule has 1 aliphatic heterocycles. The van der Waals surface area contributed by atoms with Crippen LogP contribution in [-0.4, -0.2) is 17.6 Å². The number of halogens is 2. The van der Waals surface area contributed by atoms with Gasteiger partial charge in [-0.1, -0.05) is 18.2 Å². The van der Waals surface area contributed by atoms with Crippen LogP contribution in [0.2, 0.25) is 0 Å². The number of thioether (sulfide) groups is 1. The highest BCUT2D eigenvalue weighted by atomic mass is 32.2. The summed E-state index contributed by atoms with van der Waals surface area (Å²) in [5.74, 6) is -1.71. The van der Waals surface area contributed by atoms with Crippen molar-refractivity contribution in [2.45, 2.75) is 11.0 Å². The molecule has 2 aromatic rings. The average molecular weight is 292 g/mol. The summed E-state index contributed by atoms with van der Waals surface area (Å²) in [5, 5.41) is 0. The van der Waals surface area contributed by atoms with Gasteiger partial charge in [0.1, 0.15) is 5.75 Å². The van der Waals surface area contributed by atoms with Crippen molar-refractivity contribution in [2.24, 2.45) is 0 Å². The van der Waals surface area contributed by atoms with Gasteiger partial charge in [-0.2, -0.15) is 0 Å². The van der Waals surface area contributed by atoms with E-state index in [4.69, 9.17) is 4.74 Å². The van der Waals surface area contributed by atoms with E-state index in [1.54, 1.807) is 12.1 Å². The Hall–Kier alpha value is -1.88. The lowest BCUT2D eigenvalue weighted by atomic mass is 10.1. The van der Waals surface area contributed by atoms with Gasteiger partial charge in [0.2, 0.25) is 5.78 Å². The van der Waals surface area contributed by atoms with Gasteiger partial charge in [0, 0.05) is 10.6 Å². The monoisotopic (exact) mass is 292 g/mol. The van der Waals surface area contributed by atoms with Crippen LogP contribution in [0.3, 0.4) is 0 Å². The van der Waals surface area contributed by atoms with Crippen LogP contribution in [0.4, 0.5) is 8.78 Å². The van der Waals surface area contributed by atoms with Crippen molar-refractivity contribution < 1.29 is 18.3 Å². The van der Waals surface area contributed by atoms with E-state index >= 15 is 0 Å². The van der Waals surface area contributed by atoms with Crippen LogP contribution in [0.25, 0.3) is 0 Å². The Kier molecular flexibility index (Phi) is 3.44. The van der Waals surface area contributed by atoms with Gasteiger partial charge in [-0.05, 0) is 24.3 Å². The first-order valence-electron chi connectivity index (χ1n) is 6.03. The van der Waals surface area contributed by atoms with E-state index in [0.29, 0.717) is 11.5 Å². The topological polar surface area (TPSA) is 26.3 Å². The van der Waals surface area contributed by atoms with E-state index in [0.717, 1.165) is 11.0 Å². The second-order valence-electron chi connectivity index (χ2n) is 4.33. The Morgan fingerprint density at radius 1 is 1.15 bits per heavy atom. The van der Waals surface area contributed by atoms with Gasteiger partial charge in [0.25, 0.3) is 0 Å². The van der Waals surface area contributed by atoms with E-state index in [1.807, 2.05) is 12.1 Å². The number of hydrogen-bond donors (Lipinski definition) is 0. The molecule has 1 heterocycles. The van der Waals surface area contributed by atoms with Gasteiger partial charge in [-0.25, -0.2) is 8.78 Å².